The standard InChI is InChI=1S/C18H21IO2/c1-14-4-9-16(10-5-14)19(2)17-11-6-15(7-12-17)8-13-18(20)21-3/h4-7,9-12H,8,13H2,1-3H3. The van der Waals surface area contributed by atoms with Crippen LogP contribution in [0.4, 0.5) is 0 Å². The molecule has 0 bridgehead atoms. The topological polar surface area (TPSA) is 26.3 Å². The molecule has 0 amide bonds. The molecular formula is C18H21IO2. The van der Waals surface area contributed by atoms with Gasteiger partial charge in [-0.1, -0.05) is 0 Å². The molecule has 0 aliphatic carbocycles. The van der Waals surface area contributed by atoms with Crippen LogP contribution in [-0.2, 0) is 16.0 Å². The third-order valence-corrected chi connectivity index (χ3v) is 8.60. The van der Waals surface area contributed by atoms with Gasteiger partial charge in [0.2, 0.25) is 0 Å². The summed E-state index contributed by atoms with van der Waals surface area (Å²) in [5.74, 6) is -0.150. The first kappa shape index (κ1) is 16.0. The van der Waals surface area contributed by atoms with E-state index < -0.39 is 19.8 Å². The van der Waals surface area contributed by atoms with Crippen LogP contribution in [0.25, 0.3) is 0 Å². The van der Waals surface area contributed by atoms with Gasteiger partial charge in [0.05, 0.1) is 0 Å². The van der Waals surface area contributed by atoms with E-state index in [1.54, 1.807) is 0 Å². The van der Waals surface area contributed by atoms with Crippen molar-refractivity contribution in [1.82, 2.24) is 0 Å². The number of methoxy groups -OCH3 is 1. The molecule has 2 nitrogen and oxygen atoms in total. The molecule has 0 aliphatic rings. The van der Waals surface area contributed by atoms with E-state index in [1.165, 1.54) is 25.4 Å². The maximum atomic E-state index is 11.2. The molecule has 0 heterocycles. The van der Waals surface area contributed by atoms with E-state index in [9.17, 15) is 4.79 Å². The molecule has 0 unspecified atom stereocenters. The Morgan fingerprint density at radius 2 is 1.52 bits per heavy atom. The van der Waals surface area contributed by atoms with Gasteiger partial charge in [-0.05, 0) is 0 Å². The fourth-order valence-corrected chi connectivity index (χ4v) is 5.63. The molecule has 0 aromatic heterocycles. The van der Waals surface area contributed by atoms with E-state index in [0.717, 1.165) is 6.42 Å². The number of hydrogen-bond donors (Lipinski definition) is 0. The normalized spacial score (nSPS) is 11.1. The second-order valence-corrected chi connectivity index (χ2v) is 10.2. The molecule has 112 valence electrons. The average Bonchev–Trinajstić information content (AvgIpc) is 2.53. The molecule has 0 saturated heterocycles. The van der Waals surface area contributed by atoms with E-state index in [4.69, 9.17) is 0 Å². The van der Waals surface area contributed by atoms with Gasteiger partial charge in [-0.3, -0.25) is 0 Å². The molecular weight excluding hydrogens is 375 g/mol. The Morgan fingerprint density at radius 1 is 1.00 bits per heavy atom. The van der Waals surface area contributed by atoms with Gasteiger partial charge in [-0.25, -0.2) is 0 Å². The Labute approximate surface area is 133 Å². The zero-order chi connectivity index (χ0) is 15.2. The average molecular weight is 396 g/mol. The van der Waals surface area contributed by atoms with Crippen LogP contribution in [0, 0.1) is 14.1 Å². The molecule has 3 heteroatoms. The van der Waals surface area contributed by atoms with Crippen molar-refractivity contribution in [3.63, 3.8) is 0 Å². The van der Waals surface area contributed by atoms with Crippen molar-refractivity contribution < 1.29 is 9.53 Å². The number of ether oxygens (including phenoxy) is 1. The fourth-order valence-electron chi connectivity index (χ4n) is 2.04. The number of halogens is 1. The summed E-state index contributed by atoms with van der Waals surface area (Å²) in [7, 11) is 1.43. The summed E-state index contributed by atoms with van der Waals surface area (Å²) in [5.41, 5.74) is 2.50. The number of aryl methyl sites for hydroxylation is 2. The molecule has 0 fully saturated rings. The summed E-state index contributed by atoms with van der Waals surface area (Å²) in [6.45, 7) is 2.12. The monoisotopic (exact) mass is 396 g/mol. The van der Waals surface area contributed by atoms with Crippen molar-refractivity contribution in [1.29, 1.82) is 0 Å². The molecule has 2 aromatic rings. The quantitative estimate of drug-likeness (QED) is 0.429. The van der Waals surface area contributed by atoms with Gasteiger partial charge in [0.25, 0.3) is 0 Å². The van der Waals surface area contributed by atoms with Gasteiger partial charge in [0, 0.05) is 0 Å². The first-order valence-electron chi connectivity index (χ1n) is 6.92. The first-order valence-corrected chi connectivity index (χ1v) is 11.2. The van der Waals surface area contributed by atoms with Crippen molar-refractivity contribution in [2.45, 2.75) is 19.8 Å². The van der Waals surface area contributed by atoms with E-state index in [2.05, 4.69) is 65.1 Å². The second-order valence-electron chi connectivity index (χ2n) is 4.97. The van der Waals surface area contributed by atoms with E-state index in [1.807, 2.05) is 0 Å². The van der Waals surface area contributed by atoms with Crippen LogP contribution in [0.2, 0.25) is 0 Å². The number of benzene rings is 2. The predicted octanol–water partition coefficient (Wildman–Crippen LogP) is 4.28. The first-order chi connectivity index (χ1) is 10.1. The molecule has 2 aromatic carbocycles. The van der Waals surface area contributed by atoms with Gasteiger partial charge in [0.1, 0.15) is 0 Å². The minimum atomic E-state index is -1.29. The summed E-state index contributed by atoms with van der Waals surface area (Å²) < 4.78 is 7.60. The van der Waals surface area contributed by atoms with Crippen LogP contribution < -0.4 is 0 Å². The number of esters is 1. The van der Waals surface area contributed by atoms with E-state index in [0.29, 0.717) is 6.42 Å². The molecule has 0 atom stereocenters. The van der Waals surface area contributed by atoms with Crippen LogP contribution in [-0.4, -0.2) is 18.0 Å². The number of rotatable bonds is 5. The van der Waals surface area contributed by atoms with Gasteiger partial charge in [-0.15, -0.1) is 0 Å². The molecule has 0 N–H and O–H groups in total. The number of hydrogen-bond acceptors (Lipinski definition) is 2. The Bertz CT molecular complexity index is 588. The summed E-state index contributed by atoms with van der Waals surface area (Å²) >= 11 is -1.29. The molecule has 21 heavy (non-hydrogen) atoms. The number of carbonyl (C=O) groups is 1. The van der Waals surface area contributed by atoms with Gasteiger partial charge in [0.15, 0.2) is 0 Å². The summed E-state index contributed by atoms with van der Waals surface area (Å²) in [6.07, 6.45) is 1.19. The third-order valence-electron chi connectivity index (χ3n) is 3.42. The predicted molar refractivity (Wildman–Crippen MR) is 95.3 cm³/mol. The van der Waals surface area contributed by atoms with E-state index >= 15 is 0 Å². The third kappa shape index (κ3) is 4.56. The molecule has 0 saturated carbocycles. The summed E-state index contributed by atoms with van der Waals surface area (Å²) in [5, 5.41) is 0. The molecule has 0 aliphatic heterocycles. The van der Waals surface area contributed by atoms with Crippen LogP contribution >= 0.6 is 19.8 Å². The van der Waals surface area contributed by atoms with Crippen molar-refractivity contribution in [2.75, 3.05) is 12.0 Å². The van der Waals surface area contributed by atoms with Crippen molar-refractivity contribution in [2.24, 2.45) is 0 Å². The van der Waals surface area contributed by atoms with Gasteiger partial charge >= 0.3 is 134 Å². The van der Waals surface area contributed by atoms with Crippen LogP contribution in [0.1, 0.15) is 17.5 Å². The van der Waals surface area contributed by atoms with Crippen molar-refractivity contribution >= 4 is 25.8 Å². The zero-order valence-corrected chi connectivity index (χ0v) is 14.9. The van der Waals surface area contributed by atoms with Crippen LogP contribution in [0.15, 0.2) is 48.5 Å². The molecule has 0 spiro atoms. The Morgan fingerprint density at radius 3 is 2.05 bits per heavy atom. The summed E-state index contributed by atoms with van der Waals surface area (Å²) in [4.78, 5) is 13.5. The Kier molecular flexibility index (Phi) is 5.79. The van der Waals surface area contributed by atoms with E-state index in [-0.39, 0.29) is 5.97 Å². The van der Waals surface area contributed by atoms with Crippen molar-refractivity contribution in [3.8, 4) is 0 Å². The Balaban J connectivity index is 2.04. The second kappa shape index (κ2) is 7.59. The van der Waals surface area contributed by atoms with Gasteiger partial charge in [-0.2, -0.15) is 0 Å². The van der Waals surface area contributed by atoms with Crippen molar-refractivity contribution in [3.05, 3.63) is 66.8 Å². The van der Waals surface area contributed by atoms with Crippen LogP contribution in [0.5, 0.6) is 0 Å². The van der Waals surface area contributed by atoms with Gasteiger partial charge < -0.3 is 0 Å². The zero-order valence-electron chi connectivity index (χ0n) is 12.7. The molecule has 2 rings (SSSR count). The molecule has 0 radical (unpaired) electrons. The van der Waals surface area contributed by atoms with Crippen LogP contribution in [0.3, 0.4) is 0 Å². The minimum absolute atomic E-state index is 0.150. The number of carbonyl (C=O) groups excluding carboxylic acids is 1. The fraction of sp³-hybridized carbons (Fsp3) is 0.278. The summed E-state index contributed by atoms with van der Waals surface area (Å²) in [6, 6.07) is 17.6. The number of alkyl halides is 1. The maximum absolute atomic E-state index is 11.2. The SMILES string of the molecule is COC(=O)CCc1ccc(I(C)c2ccc(C)cc2)cc1. The Hall–Kier alpha value is -1.36.